The summed E-state index contributed by atoms with van der Waals surface area (Å²) in [4.78, 5) is 50.1. The van der Waals surface area contributed by atoms with Crippen LogP contribution in [-0.2, 0) is 17.9 Å². The van der Waals surface area contributed by atoms with Gasteiger partial charge in [0.25, 0.3) is 5.56 Å². The Morgan fingerprint density at radius 1 is 0.941 bits per heavy atom. The van der Waals surface area contributed by atoms with E-state index >= 15 is 0 Å². The molecule has 2 aliphatic rings. The first-order chi connectivity index (χ1) is 24.8. The third-order valence-corrected chi connectivity index (χ3v) is 11.6. The van der Waals surface area contributed by atoms with Gasteiger partial charge in [0, 0.05) is 78.3 Å². The fraction of sp³-hybridized carbons (Fsp3) is 0.325. The van der Waals surface area contributed by atoms with Crippen LogP contribution < -0.4 is 5.56 Å². The van der Waals surface area contributed by atoms with Crippen molar-refractivity contribution in [3.63, 3.8) is 0 Å². The minimum Gasteiger partial charge on any atom is -0.388 e. The number of rotatable bonds is 8. The maximum Gasteiger partial charge on any atom is 0.277 e. The van der Waals surface area contributed by atoms with E-state index in [4.69, 9.17) is 0 Å². The summed E-state index contributed by atoms with van der Waals surface area (Å²) in [5, 5.41) is 12.6. The largest absolute Gasteiger partial charge is 0.388 e. The molecular formula is C40H41N7O3S. The molecule has 4 aromatic heterocycles. The van der Waals surface area contributed by atoms with Crippen LogP contribution in [0.1, 0.15) is 41.3 Å². The average molecular weight is 700 g/mol. The number of hydrogen-bond acceptors (Lipinski definition) is 8. The summed E-state index contributed by atoms with van der Waals surface area (Å²) in [6.07, 6.45) is 8.73. The summed E-state index contributed by atoms with van der Waals surface area (Å²) in [6, 6.07) is 24.3. The number of fused-ring (bicyclic) bond motifs is 1. The van der Waals surface area contributed by atoms with Crippen molar-refractivity contribution in [3.8, 4) is 21.7 Å². The lowest BCUT2D eigenvalue weighted by Gasteiger charge is -2.43. The van der Waals surface area contributed by atoms with Crippen LogP contribution in [0.2, 0.25) is 0 Å². The average Bonchev–Trinajstić information content (AvgIpc) is 3.82. The fourth-order valence-corrected chi connectivity index (χ4v) is 8.61. The Morgan fingerprint density at radius 2 is 1.71 bits per heavy atom. The summed E-state index contributed by atoms with van der Waals surface area (Å²) >= 11 is 1.70. The van der Waals surface area contributed by atoms with Crippen molar-refractivity contribution in [1.82, 2.24) is 34.3 Å². The molecule has 51 heavy (non-hydrogen) atoms. The molecular weight excluding hydrogens is 659 g/mol. The summed E-state index contributed by atoms with van der Waals surface area (Å²) in [5.74, 6) is 0.0592. The molecule has 0 unspecified atom stereocenters. The van der Waals surface area contributed by atoms with Crippen LogP contribution in [-0.4, -0.2) is 77.1 Å². The molecule has 2 aromatic carbocycles. The van der Waals surface area contributed by atoms with E-state index in [-0.39, 0.29) is 29.8 Å². The number of nitrogens with zero attached hydrogens (tertiary/aromatic N) is 6. The quantitative estimate of drug-likeness (QED) is 0.204. The van der Waals surface area contributed by atoms with E-state index in [1.807, 2.05) is 85.0 Å². The van der Waals surface area contributed by atoms with Gasteiger partial charge in [-0.3, -0.25) is 24.0 Å². The van der Waals surface area contributed by atoms with Gasteiger partial charge in [0.2, 0.25) is 5.91 Å². The van der Waals surface area contributed by atoms with E-state index in [0.29, 0.717) is 37.0 Å². The number of aryl methyl sites for hydroxylation is 1. The zero-order chi connectivity index (χ0) is 35.0. The molecule has 0 saturated carbocycles. The van der Waals surface area contributed by atoms with Gasteiger partial charge in [-0.25, -0.2) is 9.97 Å². The van der Waals surface area contributed by atoms with Crippen molar-refractivity contribution >= 4 is 28.3 Å². The number of aromatic nitrogens is 5. The Bertz CT molecular complexity index is 2190. The number of amides is 1. The number of carbonyl (C=O) groups is 1. The van der Waals surface area contributed by atoms with Crippen LogP contribution in [0.5, 0.6) is 0 Å². The Labute approximate surface area is 300 Å². The number of H-pyrrole nitrogens is 1. The van der Waals surface area contributed by atoms with Gasteiger partial charge in [-0.1, -0.05) is 60.7 Å². The van der Waals surface area contributed by atoms with E-state index in [9.17, 15) is 14.7 Å². The lowest BCUT2D eigenvalue weighted by molar-refractivity contribution is -0.142. The smallest absolute Gasteiger partial charge is 0.277 e. The lowest BCUT2D eigenvalue weighted by Crippen LogP contribution is -2.53. The third-order valence-electron chi connectivity index (χ3n) is 10.5. The first kappa shape index (κ1) is 33.2. The number of hydrogen-bond donors (Lipinski definition) is 2. The molecule has 2 saturated heterocycles. The van der Waals surface area contributed by atoms with Gasteiger partial charge in [-0.2, -0.15) is 0 Å². The zero-order valence-corrected chi connectivity index (χ0v) is 29.4. The number of benzene rings is 2. The molecule has 0 spiro atoms. The van der Waals surface area contributed by atoms with Gasteiger partial charge in [0.05, 0.1) is 18.5 Å². The van der Waals surface area contributed by atoms with Crippen molar-refractivity contribution in [3.05, 3.63) is 124 Å². The third kappa shape index (κ3) is 6.89. The Hall–Kier alpha value is -4.97. The number of aliphatic hydroxyl groups is 1. The van der Waals surface area contributed by atoms with Crippen molar-refractivity contribution in [2.24, 2.45) is 5.92 Å². The van der Waals surface area contributed by atoms with Gasteiger partial charge >= 0.3 is 0 Å². The second kappa shape index (κ2) is 14.0. The van der Waals surface area contributed by atoms with E-state index in [1.54, 1.807) is 11.3 Å². The van der Waals surface area contributed by atoms with Gasteiger partial charge in [0.15, 0.2) is 0 Å². The molecule has 10 nitrogen and oxygen atoms in total. The van der Waals surface area contributed by atoms with Crippen LogP contribution in [0.15, 0.2) is 103 Å². The topological polar surface area (TPSA) is 120 Å². The molecule has 6 aromatic rings. The fourth-order valence-electron chi connectivity index (χ4n) is 7.67. The molecule has 2 N–H and O–H groups in total. The molecule has 2 aliphatic heterocycles. The monoisotopic (exact) mass is 699 g/mol. The second-order valence-corrected chi connectivity index (χ2v) is 15.1. The van der Waals surface area contributed by atoms with Crippen LogP contribution in [0, 0.1) is 12.8 Å². The molecule has 11 heteroatoms. The standard InChI is InChI=1S/C40H41N7O3S/c1-27-12-13-30(20-41-27)37-43-21-31(51-37)23-45-17-14-32(34(24-45)29-10-6-3-7-11-29)38(48)46-18-15-40(50,16-19-46)25-47-26-44-35-33(22-42-36(35)39(47)49)28-8-4-2-5-9-28/h2-13,20-22,26,32,34,42,50H,14-19,23-25H2,1H3/t32-,34+/m1/s1. The van der Waals surface area contributed by atoms with Crippen molar-refractivity contribution < 1.29 is 9.90 Å². The molecule has 2 atom stereocenters. The number of thiazole rings is 1. The van der Waals surface area contributed by atoms with E-state index in [1.165, 1.54) is 21.3 Å². The maximum absolute atomic E-state index is 14.2. The highest BCUT2D eigenvalue weighted by molar-refractivity contribution is 7.15. The van der Waals surface area contributed by atoms with Crippen LogP contribution in [0.4, 0.5) is 0 Å². The minimum atomic E-state index is -1.12. The number of aromatic amines is 1. The van der Waals surface area contributed by atoms with Crippen LogP contribution in [0.25, 0.3) is 32.7 Å². The molecule has 0 aliphatic carbocycles. The van der Waals surface area contributed by atoms with Crippen molar-refractivity contribution in [2.45, 2.75) is 50.8 Å². The number of pyridine rings is 1. The van der Waals surface area contributed by atoms with E-state index < -0.39 is 5.60 Å². The lowest BCUT2D eigenvalue weighted by atomic mass is 9.79. The summed E-state index contributed by atoms with van der Waals surface area (Å²) in [5.41, 5.74) is 4.74. The highest BCUT2D eigenvalue weighted by Crippen LogP contribution is 2.37. The number of likely N-dealkylation sites (tertiary alicyclic amines) is 2. The van der Waals surface area contributed by atoms with Crippen molar-refractivity contribution in [1.29, 1.82) is 0 Å². The SMILES string of the molecule is Cc1ccc(-c2ncc(CN3CC[C@@H](C(=O)N4CCC(O)(Cn5cnc6c(-c7ccccc7)c[nH]c6c5=O)CC4)[C@H](c4ccccc4)C3)s2)cn1. The minimum absolute atomic E-state index is 0.0555. The first-order valence-electron chi connectivity index (χ1n) is 17.6. The van der Waals surface area contributed by atoms with Gasteiger partial charge in [-0.15, -0.1) is 11.3 Å². The van der Waals surface area contributed by atoms with E-state index in [2.05, 4.69) is 43.0 Å². The number of piperidine rings is 2. The first-order valence-corrected chi connectivity index (χ1v) is 18.4. The number of carbonyl (C=O) groups excluding carboxylic acids is 1. The predicted molar refractivity (Wildman–Crippen MR) is 199 cm³/mol. The van der Waals surface area contributed by atoms with E-state index in [0.717, 1.165) is 53.4 Å². The highest BCUT2D eigenvalue weighted by atomic mass is 32.1. The van der Waals surface area contributed by atoms with Crippen LogP contribution in [0.3, 0.4) is 0 Å². The summed E-state index contributed by atoms with van der Waals surface area (Å²) in [7, 11) is 0. The van der Waals surface area contributed by atoms with Gasteiger partial charge in [0.1, 0.15) is 16.0 Å². The summed E-state index contributed by atoms with van der Waals surface area (Å²) in [6.45, 7) is 5.38. The molecule has 0 radical (unpaired) electrons. The normalized spacial score (nSPS) is 19.4. The van der Waals surface area contributed by atoms with Gasteiger partial charge < -0.3 is 15.0 Å². The molecule has 8 rings (SSSR count). The Kier molecular flexibility index (Phi) is 9.10. The van der Waals surface area contributed by atoms with Crippen molar-refractivity contribution in [2.75, 3.05) is 26.2 Å². The molecule has 260 valence electrons. The second-order valence-electron chi connectivity index (χ2n) is 14.0. The van der Waals surface area contributed by atoms with Crippen LogP contribution >= 0.6 is 11.3 Å². The number of nitrogens with one attached hydrogen (secondary N) is 1. The zero-order valence-electron chi connectivity index (χ0n) is 28.6. The van der Waals surface area contributed by atoms with Gasteiger partial charge in [-0.05, 0) is 56.0 Å². The predicted octanol–water partition coefficient (Wildman–Crippen LogP) is 5.88. The maximum atomic E-state index is 14.2. The Morgan fingerprint density at radius 3 is 2.45 bits per heavy atom. The summed E-state index contributed by atoms with van der Waals surface area (Å²) < 4.78 is 1.50. The molecule has 6 heterocycles. The molecule has 1 amide bonds. The molecule has 0 bridgehead atoms. The molecule has 2 fully saturated rings. The highest BCUT2D eigenvalue weighted by Gasteiger charge is 2.41. The Balaban J connectivity index is 0.929.